The largest absolute Gasteiger partial charge is 0.484 e. The van der Waals surface area contributed by atoms with Crippen LogP contribution in [0.3, 0.4) is 0 Å². The van der Waals surface area contributed by atoms with Crippen molar-refractivity contribution in [2.45, 2.75) is 45.6 Å². The van der Waals surface area contributed by atoms with E-state index < -0.39 is 0 Å². The summed E-state index contributed by atoms with van der Waals surface area (Å²) in [6.07, 6.45) is 4.50. The van der Waals surface area contributed by atoms with Crippen LogP contribution in [0.25, 0.3) is 0 Å². The Kier molecular flexibility index (Phi) is 4.76. The van der Waals surface area contributed by atoms with Crippen molar-refractivity contribution in [2.75, 3.05) is 19.4 Å². The van der Waals surface area contributed by atoms with Crippen LogP contribution in [0.4, 0.5) is 5.69 Å². The van der Waals surface area contributed by atoms with E-state index in [9.17, 15) is 4.79 Å². The number of likely N-dealkylation sites (N-methyl/N-ethyl adjacent to an activating group) is 1. The van der Waals surface area contributed by atoms with Gasteiger partial charge in [0.25, 0.3) is 5.91 Å². The zero-order valence-electron chi connectivity index (χ0n) is 13.3. The Bertz CT molecular complexity index is 489. The molecule has 0 spiro atoms. The van der Waals surface area contributed by atoms with Gasteiger partial charge in [-0.15, -0.1) is 0 Å². The molecule has 1 aromatic carbocycles. The molecule has 1 saturated carbocycles. The molecule has 0 heterocycles. The normalized spacial score (nSPS) is 18.2. The number of nitrogen functional groups attached to an aromatic ring is 1. The summed E-state index contributed by atoms with van der Waals surface area (Å²) in [6.45, 7) is 4.67. The third kappa shape index (κ3) is 4.38. The van der Waals surface area contributed by atoms with E-state index in [1.165, 1.54) is 12.8 Å². The van der Waals surface area contributed by atoms with E-state index in [1.54, 1.807) is 12.1 Å². The quantitative estimate of drug-likeness (QED) is 0.867. The molecule has 1 aromatic rings. The van der Waals surface area contributed by atoms with Gasteiger partial charge in [0.15, 0.2) is 6.61 Å². The average Bonchev–Trinajstić information content (AvgIpc) is 2.44. The van der Waals surface area contributed by atoms with Crippen LogP contribution in [0.1, 0.15) is 39.5 Å². The molecule has 1 aliphatic carbocycles. The molecule has 0 saturated heterocycles. The molecule has 1 amide bonds. The first-order valence-corrected chi connectivity index (χ1v) is 7.61. The van der Waals surface area contributed by atoms with Gasteiger partial charge in [-0.05, 0) is 43.2 Å². The topological polar surface area (TPSA) is 55.6 Å². The van der Waals surface area contributed by atoms with Crippen LogP contribution in [-0.4, -0.2) is 30.5 Å². The lowest BCUT2D eigenvalue weighted by molar-refractivity contribution is -0.135. The minimum atomic E-state index is 0.0298. The maximum absolute atomic E-state index is 12.2. The van der Waals surface area contributed by atoms with Gasteiger partial charge in [-0.3, -0.25) is 4.79 Å². The number of carbonyl (C=O) groups is 1. The van der Waals surface area contributed by atoms with Crippen LogP contribution in [0.2, 0.25) is 0 Å². The van der Waals surface area contributed by atoms with Gasteiger partial charge < -0.3 is 15.4 Å². The molecule has 4 heteroatoms. The maximum Gasteiger partial charge on any atom is 0.260 e. The molecule has 1 fully saturated rings. The van der Waals surface area contributed by atoms with E-state index in [0.29, 0.717) is 22.9 Å². The van der Waals surface area contributed by atoms with Crippen LogP contribution in [0, 0.1) is 5.41 Å². The molecular weight excluding hydrogens is 264 g/mol. The molecule has 0 radical (unpaired) electrons. The van der Waals surface area contributed by atoms with Gasteiger partial charge in [0, 0.05) is 24.8 Å². The van der Waals surface area contributed by atoms with Crippen LogP contribution >= 0.6 is 0 Å². The Morgan fingerprint density at radius 2 is 2.05 bits per heavy atom. The lowest BCUT2D eigenvalue weighted by Crippen LogP contribution is -2.42. The van der Waals surface area contributed by atoms with E-state index in [2.05, 4.69) is 13.8 Å². The lowest BCUT2D eigenvalue weighted by atomic mass is 9.75. The van der Waals surface area contributed by atoms with E-state index >= 15 is 0 Å². The number of hydrogen-bond donors (Lipinski definition) is 1. The second kappa shape index (κ2) is 6.37. The van der Waals surface area contributed by atoms with Crippen LogP contribution < -0.4 is 10.5 Å². The zero-order valence-corrected chi connectivity index (χ0v) is 13.3. The van der Waals surface area contributed by atoms with Crippen molar-refractivity contribution < 1.29 is 9.53 Å². The predicted molar refractivity (Wildman–Crippen MR) is 85.2 cm³/mol. The van der Waals surface area contributed by atoms with Gasteiger partial charge in [-0.2, -0.15) is 0 Å². The molecule has 0 aromatic heterocycles. The van der Waals surface area contributed by atoms with Crippen molar-refractivity contribution >= 4 is 11.6 Å². The summed E-state index contributed by atoms with van der Waals surface area (Å²) in [6, 6.07) is 7.51. The first kappa shape index (κ1) is 15.7. The van der Waals surface area contributed by atoms with Crippen molar-refractivity contribution in [3.05, 3.63) is 24.3 Å². The first-order valence-electron chi connectivity index (χ1n) is 7.61. The summed E-state index contributed by atoms with van der Waals surface area (Å²) in [7, 11) is 1.88. The van der Waals surface area contributed by atoms with Crippen LogP contribution in [-0.2, 0) is 4.79 Å². The molecule has 2 N–H and O–H groups in total. The number of ether oxygens (including phenoxy) is 1. The predicted octanol–water partition coefficient (Wildman–Crippen LogP) is 3.07. The molecule has 0 aliphatic heterocycles. The molecular formula is C17H26N2O2. The molecule has 0 bridgehead atoms. The van der Waals surface area contributed by atoms with Crippen molar-refractivity contribution in [3.8, 4) is 5.75 Å². The minimum absolute atomic E-state index is 0.0298. The summed E-state index contributed by atoms with van der Waals surface area (Å²) in [4.78, 5) is 14.1. The third-order valence-electron chi connectivity index (χ3n) is 4.47. The Morgan fingerprint density at radius 1 is 1.38 bits per heavy atom. The van der Waals surface area contributed by atoms with Crippen molar-refractivity contribution in [1.82, 2.24) is 4.90 Å². The summed E-state index contributed by atoms with van der Waals surface area (Å²) < 4.78 is 5.53. The average molecular weight is 290 g/mol. The zero-order chi connectivity index (χ0) is 15.5. The number of carbonyl (C=O) groups excluding carboxylic acids is 1. The number of anilines is 1. The smallest absolute Gasteiger partial charge is 0.260 e. The highest BCUT2D eigenvalue weighted by atomic mass is 16.5. The molecule has 21 heavy (non-hydrogen) atoms. The highest BCUT2D eigenvalue weighted by Crippen LogP contribution is 2.36. The number of amides is 1. The number of nitrogens with two attached hydrogens (primary N) is 1. The Balaban J connectivity index is 1.83. The molecule has 0 atom stereocenters. The fourth-order valence-corrected chi connectivity index (χ4v) is 2.83. The van der Waals surface area contributed by atoms with Gasteiger partial charge in [-0.1, -0.05) is 19.9 Å². The number of hydrogen-bond acceptors (Lipinski definition) is 3. The van der Waals surface area contributed by atoms with Gasteiger partial charge in [-0.25, -0.2) is 0 Å². The second-order valence-electron chi connectivity index (χ2n) is 6.76. The third-order valence-corrected chi connectivity index (χ3v) is 4.47. The second-order valence-corrected chi connectivity index (χ2v) is 6.76. The van der Waals surface area contributed by atoms with E-state index in [1.807, 2.05) is 24.1 Å². The molecule has 1 aliphatic rings. The monoisotopic (exact) mass is 290 g/mol. The van der Waals surface area contributed by atoms with Crippen molar-refractivity contribution in [2.24, 2.45) is 5.41 Å². The number of rotatable bonds is 4. The highest BCUT2D eigenvalue weighted by Gasteiger charge is 2.30. The Morgan fingerprint density at radius 3 is 2.67 bits per heavy atom. The molecule has 116 valence electrons. The van der Waals surface area contributed by atoms with Gasteiger partial charge in [0.05, 0.1) is 0 Å². The fraction of sp³-hybridized carbons (Fsp3) is 0.588. The minimum Gasteiger partial charge on any atom is -0.484 e. The van der Waals surface area contributed by atoms with Crippen molar-refractivity contribution in [1.29, 1.82) is 0 Å². The van der Waals surface area contributed by atoms with Crippen LogP contribution in [0.15, 0.2) is 24.3 Å². The Labute approximate surface area is 127 Å². The number of benzene rings is 1. The SMILES string of the molecule is CN(C(=O)COc1cccc(N)c1)C1CCC(C)(C)CC1. The molecule has 2 rings (SSSR count). The van der Waals surface area contributed by atoms with E-state index in [4.69, 9.17) is 10.5 Å². The van der Waals surface area contributed by atoms with Crippen LogP contribution in [0.5, 0.6) is 5.75 Å². The molecule has 4 nitrogen and oxygen atoms in total. The van der Waals surface area contributed by atoms with E-state index in [0.717, 1.165) is 12.8 Å². The number of nitrogens with zero attached hydrogens (tertiary/aromatic N) is 1. The summed E-state index contributed by atoms with van der Waals surface area (Å²) in [5.74, 6) is 0.670. The van der Waals surface area contributed by atoms with E-state index in [-0.39, 0.29) is 12.5 Å². The fourth-order valence-electron chi connectivity index (χ4n) is 2.83. The van der Waals surface area contributed by atoms with Gasteiger partial charge in [0.2, 0.25) is 0 Å². The van der Waals surface area contributed by atoms with Gasteiger partial charge >= 0.3 is 0 Å². The summed E-state index contributed by atoms with van der Waals surface area (Å²) in [5, 5.41) is 0. The lowest BCUT2D eigenvalue weighted by Gasteiger charge is -2.38. The summed E-state index contributed by atoms with van der Waals surface area (Å²) >= 11 is 0. The maximum atomic E-state index is 12.2. The molecule has 0 unspecified atom stereocenters. The summed E-state index contributed by atoms with van der Waals surface area (Å²) in [5.41, 5.74) is 6.75. The first-order chi connectivity index (χ1) is 9.87. The standard InChI is InChI=1S/C17H26N2O2/c1-17(2)9-7-14(8-10-17)19(3)16(20)12-21-15-6-4-5-13(18)11-15/h4-6,11,14H,7-10,12,18H2,1-3H3. The van der Waals surface area contributed by atoms with Crippen molar-refractivity contribution in [3.63, 3.8) is 0 Å². The Hall–Kier alpha value is -1.71. The van der Waals surface area contributed by atoms with Gasteiger partial charge in [0.1, 0.15) is 5.75 Å². The highest BCUT2D eigenvalue weighted by molar-refractivity contribution is 5.77.